The zero-order valence-electron chi connectivity index (χ0n) is 13.0. The van der Waals surface area contributed by atoms with Crippen molar-refractivity contribution in [1.29, 1.82) is 0 Å². The monoisotopic (exact) mass is 280 g/mol. The Labute approximate surface area is 123 Å². The number of hydrogen-bond acceptors (Lipinski definition) is 3. The highest BCUT2D eigenvalue weighted by molar-refractivity contribution is 5.19. The molecular formula is C17H28O3. The fourth-order valence-corrected chi connectivity index (χ4v) is 2.23. The maximum atomic E-state index is 9.75. The SMILES string of the molecule is CCCCCC(C#C[C@@H]1C=CC[C@H]1O)OC(C)OCC. The molecule has 4 atom stereocenters. The van der Waals surface area contributed by atoms with Crippen molar-refractivity contribution in [2.45, 2.75) is 71.4 Å². The van der Waals surface area contributed by atoms with Crippen LogP contribution in [0.25, 0.3) is 0 Å². The van der Waals surface area contributed by atoms with Gasteiger partial charge >= 0.3 is 0 Å². The molecule has 3 nitrogen and oxygen atoms in total. The van der Waals surface area contributed by atoms with Gasteiger partial charge in [0.1, 0.15) is 6.10 Å². The van der Waals surface area contributed by atoms with Gasteiger partial charge in [-0.1, -0.05) is 43.8 Å². The minimum absolute atomic E-state index is 0.0466. The van der Waals surface area contributed by atoms with Crippen LogP contribution in [0.4, 0.5) is 0 Å². The van der Waals surface area contributed by atoms with Gasteiger partial charge in [0.15, 0.2) is 6.29 Å². The van der Waals surface area contributed by atoms with Crippen LogP contribution >= 0.6 is 0 Å². The van der Waals surface area contributed by atoms with Crippen LogP contribution in [-0.4, -0.2) is 30.2 Å². The summed E-state index contributed by atoms with van der Waals surface area (Å²) in [4.78, 5) is 0. The van der Waals surface area contributed by atoms with E-state index >= 15 is 0 Å². The molecule has 114 valence electrons. The van der Waals surface area contributed by atoms with Gasteiger partial charge in [-0.25, -0.2) is 0 Å². The Balaban J connectivity index is 2.52. The first-order valence-electron chi connectivity index (χ1n) is 7.80. The maximum Gasteiger partial charge on any atom is 0.156 e. The Morgan fingerprint density at radius 1 is 1.35 bits per heavy atom. The lowest BCUT2D eigenvalue weighted by molar-refractivity contribution is -0.144. The number of ether oxygens (including phenoxy) is 2. The minimum Gasteiger partial charge on any atom is -0.391 e. The molecule has 1 rings (SSSR count). The molecule has 3 heteroatoms. The van der Waals surface area contributed by atoms with E-state index in [1.165, 1.54) is 12.8 Å². The highest BCUT2D eigenvalue weighted by Crippen LogP contribution is 2.17. The minimum atomic E-state index is -0.358. The third-order valence-corrected chi connectivity index (χ3v) is 3.37. The molecule has 1 aliphatic rings. The standard InChI is InChI=1S/C17H28O3/c1-4-6-7-10-16(20-14(3)19-5-2)13-12-15-9-8-11-17(15)18/h8-9,14-18H,4-7,10-11H2,1-3H3/t14?,15-,16?,17+/m0/s1. The summed E-state index contributed by atoms with van der Waals surface area (Å²) < 4.78 is 11.2. The predicted molar refractivity (Wildman–Crippen MR) is 81.1 cm³/mol. The molecule has 0 aromatic rings. The van der Waals surface area contributed by atoms with Crippen LogP contribution < -0.4 is 0 Å². The van der Waals surface area contributed by atoms with Crippen LogP contribution in [-0.2, 0) is 9.47 Å². The molecule has 0 radical (unpaired) electrons. The molecule has 1 aliphatic carbocycles. The molecule has 0 amide bonds. The first kappa shape index (κ1) is 17.2. The summed E-state index contributed by atoms with van der Waals surface area (Å²) >= 11 is 0. The summed E-state index contributed by atoms with van der Waals surface area (Å²) in [5.41, 5.74) is 0. The van der Waals surface area contributed by atoms with E-state index in [2.05, 4.69) is 18.8 Å². The quantitative estimate of drug-likeness (QED) is 0.321. The van der Waals surface area contributed by atoms with Crippen LogP contribution in [0, 0.1) is 17.8 Å². The van der Waals surface area contributed by atoms with Crippen LogP contribution in [0.2, 0.25) is 0 Å². The lowest BCUT2D eigenvalue weighted by Crippen LogP contribution is -2.22. The van der Waals surface area contributed by atoms with E-state index in [9.17, 15) is 5.11 Å². The zero-order chi connectivity index (χ0) is 14.8. The molecule has 0 saturated heterocycles. The fourth-order valence-electron chi connectivity index (χ4n) is 2.23. The highest BCUT2D eigenvalue weighted by Gasteiger charge is 2.18. The summed E-state index contributed by atoms with van der Waals surface area (Å²) in [5, 5.41) is 9.75. The number of hydrogen-bond donors (Lipinski definition) is 1. The Hall–Kier alpha value is -0.820. The summed E-state index contributed by atoms with van der Waals surface area (Å²) in [6.07, 6.45) is 8.38. The Morgan fingerprint density at radius 3 is 2.75 bits per heavy atom. The van der Waals surface area contributed by atoms with Crippen molar-refractivity contribution in [2.75, 3.05) is 6.61 Å². The summed E-state index contributed by atoms with van der Waals surface area (Å²) in [7, 11) is 0. The van der Waals surface area contributed by atoms with E-state index in [1.807, 2.05) is 26.0 Å². The van der Waals surface area contributed by atoms with Crippen molar-refractivity contribution in [3.05, 3.63) is 12.2 Å². The first-order valence-corrected chi connectivity index (χ1v) is 7.80. The lowest BCUT2D eigenvalue weighted by atomic mass is 10.1. The Bertz CT molecular complexity index is 340. The van der Waals surface area contributed by atoms with Gasteiger partial charge in [-0.15, -0.1) is 0 Å². The highest BCUT2D eigenvalue weighted by atomic mass is 16.7. The second-order valence-electron chi connectivity index (χ2n) is 5.19. The van der Waals surface area contributed by atoms with E-state index in [0.29, 0.717) is 13.0 Å². The second-order valence-corrected chi connectivity index (χ2v) is 5.19. The molecule has 0 saturated carbocycles. The average Bonchev–Trinajstić information content (AvgIpc) is 2.82. The molecule has 0 aliphatic heterocycles. The van der Waals surface area contributed by atoms with E-state index in [-0.39, 0.29) is 24.4 Å². The van der Waals surface area contributed by atoms with Crippen LogP contribution in [0.3, 0.4) is 0 Å². The summed E-state index contributed by atoms with van der Waals surface area (Å²) in [6, 6.07) is 0. The van der Waals surface area contributed by atoms with Crippen molar-refractivity contribution >= 4 is 0 Å². The number of aliphatic hydroxyl groups is 1. The average molecular weight is 280 g/mol. The molecule has 0 heterocycles. The third-order valence-electron chi connectivity index (χ3n) is 3.37. The molecule has 0 aromatic carbocycles. The Morgan fingerprint density at radius 2 is 2.15 bits per heavy atom. The van der Waals surface area contributed by atoms with Gasteiger partial charge in [-0.2, -0.15) is 0 Å². The Kier molecular flexibility index (Phi) is 8.60. The van der Waals surface area contributed by atoms with Gasteiger partial charge in [0.2, 0.25) is 0 Å². The van der Waals surface area contributed by atoms with Crippen molar-refractivity contribution < 1.29 is 14.6 Å². The van der Waals surface area contributed by atoms with E-state index in [0.717, 1.165) is 12.8 Å². The third kappa shape index (κ3) is 6.56. The van der Waals surface area contributed by atoms with Gasteiger partial charge in [0.05, 0.1) is 12.0 Å². The van der Waals surface area contributed by atoms with Gasteiger partial charge < -0.3 is 14.6 Å². The van der Waals surface area contributed by atoms with Crippen molar-refractivity contribution in [1.82, 2.24) is 0 Å². The van der Waals surface area contributed by atoms with Crippen molar-refractivity contribution in [3.8, 4) is 11.8 Å². The van der Waals surface area contributed by atoms with Gasteiger partial charge in [0, 0.05) is 6.61 Å². The lowest BCUT2D eigenvalue weighted by Gasteiger charge is -2.18. The van der Waals surface area contributed by atoms with Gasteiger partial charge in [0.25, 0.3) is 0 Å². The molecule has 20 heavy (non-hydrogen) atoms. The topological polar surface area (TPSA) is 38.7 Å². The molecule has 0 aromatic heterocycles. The molecule has 0 fully saturated rings. The predicted octanol–water partition coefficient (Wildman–Crippen LogP) is 3.27. The second kappa shape index (κ2) is 9.99. The van der Waals surface area contributed by atoms with Crippen LogP contribution in [0.1, 0.15) is 52.9 Å². The summed E-state index contributed by atoms with van der Waals surface area (Å²) in [6.45, 7) is 6.68. The van der Waals surface area contributed by atoms with Crippen LogP contribution in [0.15, 0.2) is 12.2 Å². The fraction of sp³-hybridized carbons (Fsp3) is 0.765. The summed E-state index contributed by atoms with van der Waals surface area (Å²) in [5.74, 6) is 6.27. The van der Waals surface area contributed by atoms with Crippen molar-refractivity contribution in [2.24, 2.45) is 5.92 Å². The van der Waals surface area contributed by atoms with Gasteiger partial charge in [-0.3, -0.25) is 0 Å². The largest absolute Gasteiger partial charge is 0.391 e. The first-order chi connectivity index (χ1) is 9.67. The number of aliphatic hydroxyl groups excluding tert-OH is 1. The molecule has 0 spiro atoms. The van der Waals surface area contributed by atoms with Crippen molar-refractivity contribution in [3.63, 3.8) is 0 Å². The zero-order valence-corrected chi connectivity index (χ0v) is 13.0. The van der Waals surface area contributed by atoms with Gasteiger partial charge in [-0.05, 0) is 33.1 Å². The number of unbranched alkanes of at least 4 members (excludes halogenated alkanes) is 2. The van der Waals surface area contributed by atoms with E-state index in [4.69, 9.17) is 9.47 Å². The number of rotatable bonds is 8. The molecule has 1 N–H and O–H groups in total. The smallest absolute Gasteiger partial charge is 0.156 e. The van der Waals surface area contributed by atoms with E-state index < -0.39 is 0 Å². The molecule has 0 bridgehead atoms. The maximum absolute atomic E-state index is 9.75. The normalized spacial score (nSPS) is 24.2. The molecular weight excluding hydrogens is 252 g/mol. The van der Waals surface area contributed by atoms with E-state index in [1.54, 1.807) is 0 Å². The molecule has 2 unspecified atom stereocenters. The van der Waals surface area contributed by atoms with Crippen LogP contribution in [0.5, 0.6) is 0 Å².